The van der Waals surface area contributed by atoms with Crippen molar-refractivity contribution in [2.45, 2.75) is 0 Å². The fourth-order valence-corrected chi connectivity index (χ4v) is 2.38. The molecule has 0 spiro atoms. The van der Waals surface area contributed by atoms with E-state index in [2.05, 4.69) is 0 Å². The summed E-state index contributed by atoms with van der Waals surface area (Å²) in [5.41, 5.74) is -2.14. The van der Waals surface area contributed by atoms with Gasteiger partial charge in [-0.1, -0.05) is 0 Å². The second-order valence-electron chi connectivity index (χ2n) is 4.89. The van der Waals surface area contributed by atoms with Crippen LogP contribution in [0, 0.1) is 46.5 Å². The monoisotopic (exact) mass is 348 g/mol. The standard InChI is InChI=1S/C16H4F8/c17-7-2-5-1-6(3-8(18)10(5)9(19)4-7)11-12(20)14(22)16(24)15(23)13(11)21/h1-4H. The molecule has 0 N–H and O–H groups in total. The number of hydrogen-bond donors (Lipinski definition) is 0. The predicted octanol–water partition coefficient (Wildman–Crippen LogP) is 5.62. The summed E-state index contributed by atoms with van der Waals surface area (Å²) >= 11 is 0. The number of fused-ring (bicyclic) bond motifs is 1. The zero-order chi connectivity index (χ0) is 17.8. The van der Waals surface area contributed by atoms with Crippen LogP contribution < -0.4 is 0 Å². The lowest BCUT2D eigenvalue weighted by Crippen LogP contribution is -2.04. The van der Waals surface area contributed by atoms with Crippen LogP contribution in [0.4, 0.5) is 35.1 Å². The van der Waals surface area contributed by atoms with Gasteiger partial charge in [0.15, 0.2) is 23.3 Å². The molecular weight excluding hydrogens is 344 g/mol. The lowest BCUT2D eigenvalue weighted by Gasteiger charge is -2.10. The molecule has 0 fully saturated rings. The Labute approximate surface area is 128 Å². The second-order valence-corrected chi connectivity index (χ2v) is 4.89. The SMILES string of the molecule is Fc1cc(F)c2c(F)cc(-c3c(F)c(F)c(F)c(F)c3F)cc2c1. The summed E-state index contributed by atoms with van der Waals surface area (Å²) in [5, 5.41) is -1.12. The van der Waals surface area contributed by atoms with E-state index >= 15 is 0 Å². The summed E-state index contributed by atoms with van der Waals surface area (Å²) in [6, 6.07) is 2.19. The van der Waals surface area contributed by atoms with Gasteiger partial charge in [0.25, 0.3) is 0 Å². The van der Waals surface area contributed by atoms with Crippen LogP contribution in [0.3, 0.4) is 0 Å². The van der Waals surface area contributed by atoms with Crippen molar-refractivity contribution in [3.63, 3.8) is 0 Å². The maximum absolute atomic E-state index is 14.0. The van der Waals surface area contributed by atoms with Crippen molar-refractivity contribution in [1.82, 2.24) is 0 Å². The van der Waals surface area contributed by atoms with Crippen molar-refractivity contribution in [2.24, 2.45) is 0 Å². The van der Waals surface area contributed by atoms with Gasteiger partial charge in [0.1, 0.15) is 17.5 Å². The van der Waals surface area contributed by atoms with Crippen LogP contribution in [0.2, 0.25) is 0 Å². The van der Waals surface area contributed by atoms with Gasteiger partial charge in [-0.2, -0.15) is 0 Å². The molecule has 0 saturated heterocycles. The van der Waals surface area contributed by atoms with Crippen LogP contribution in [-0.2, 0) is 0 Å². The average molecular weight is 348 g/mol. The highest BCUT2D eigenvalue weighted by Crippen LogP contribution is 2.35. The molecule has 0 radical (unpaired) electrons. The first-order valence-electron chi connectivity index (χ1n) is 6.32. The Morgan fingerprint density at radius 3 is 1.58 bits per heavy atom. The summed E-state index contributed by atoms with van der Waals surface area (Å²) in [4.78, 5) is 0. The summed E-state index contributed by atoms with van der Waals surface area (Å²) in [6.07, 6.45) is 0. The molecule has 0 aromatic heterocycles. The molecule has 0 heterocycles. The van der Waals surface area contributed by atoms with Crippen molar-refractivity contribution >= 4 is 10.8 Å². The van der Waals surface area contributed by atoms with Gasteiger partial charge in [-0.3, -0.25) is 0 Å². The Bertz CT molecular complexity index is 965. The predicted molar refractivity (Wildman–Crippen MR) is 69.0 cm³/mol. The Balaban J connectivity index is 2.40. The normalized spacial score (nSPS) is 11.3. The van der Waals surface area contributed by atoms with E-state index in [1.807, 2.05) is 0 Å². The quantitative estimate of drug-likeness (QED) is 0.304. The van der Waals surface area contributed by atoms with Gasteiger partial charge in [-0.15, -0.1) is 0 Å². The smallest absolute Gasteiger partial charge is 0.200 e. The topological polar surface area (TPSA) is 0 Å². The van der Waals surface area contributed by atoms with Gasteiger partial charge >= 0.3 is 0 Å². The van der Waals surface area contributed by atoms with Crippen LogP contribution in [0.1, 0.15) is 0 Å². The largest absolute Gasteiger partial charge is 0.207 e. The third kappa shape index (κ3) is 2.29. The van der Waals surface area contributed by atoms with Gasteiger partial charge in [-0.05, 0) is 29.1 Å². The van der Waals surface area contributed by atoms with E-state index in [1.54, 1.807) is 0 Å². The molecule has 0 nitrogen and oxygen atoms in total. The van der Waals surface area contributed by atoms with E-state index in [0.29, 0.717) is 18.2 Å². The maximum atomic E-state index is 14.0. The lowest BCUT2D eigenvalue weighted by molar-refractivity contribution is 0.381. The molecule has 3 rings (SSSR count). The Morgan fingerprint density at radius 1 is 0.500 bits per heavy atom. The van der Waals surface area contributed by atoms with E-state index in [-0.39, 0.29) is 0 Å². The fourth-order valence-electron chi connectivity index (χ4n) is 2.38. The van der Waals surface area contributed by atoms with Crippen molar-refractivity contribution in [3.8, 4) is 11.1 Å². The molecule has 0 aliphatic carbocycles. The van der Waals surface area contributed by atoms with Crippen LogP contribution in [0.15, 0.2) is 24.3 Å². The van der Waals surface area contributed by atoms with Gasteiger partial charge in [0.05, 0.1) is 10.9 Å². The van der Waals surface area contributed by atoms with Crippen LogP contribution in [0.5, 0.6) is 0 Å². The molecule has 0 aliphatic heterocycles. The number of halogens is 8. The van der Waals surface area contributed by atoms with E-state index in [4.69, 9.17) is 0 Å². The Morgan fingerprint density at radius 2 is 1.00 bits per heavy atom. The summed E-state index contributed by atoms with van der Waals surface area (Å²) in [5.74, 6) is -14.9. The highest BCUT2D eigenvalue weighted by Gasteiger charge is 2.27. The molecule has 0 bridgehead atoms. The Kier molecular flexibility index (Phi) is 3.70. The average Bonchev–Trinajstić information content (AvgIpc) is 2.50. The minimum Gasteiger partial charge on any atom is -0.207 e. The minimum atomic E-state index is -2.37. The van der Waals surface area contributed by atoms with Crippen LogP contribution in [0.25, 0.3) is 21.9 Å². The third-order valence-corrected chi connectivity index (χ3v) is 3.42. The highest BCUT2D eigenvalue weighted by molar-refractivity contribution is 5.88. The first kappa shape index (κ1) is 16.2. The van der Waals surface area contributed by atoms with Gasteiger partial charge in [0, 0.05) is 6.07 Å². The van der Waals surface area contributed by atoms with Gasteiger partial charge < -0.3 is 0 Å². The van der Waals surface area contributed by atoms with Crippen molar-refractivity contribution in [3.05, 3.63) is 70.8 Å². The van der Waals surface area contributed by atoms with E-state index in [0.717, 1.165) is 6.07 Å². The third-order valence-electron chi connectivity index (χ3n) is 3.42. The zero-order valence-corrected chi connectivity index (χ0v) is 11.3. The molecule has 8 heteroatoms. The molecular formula is C16H4F8. The van der Waals surface area contributed by atoms with Crippen molar-refractivity contribution in [1.29, 1.82) is 0 Å². The van der Waals surface area contributed by atoms with Crippen molar-refractivity contribution < 1.29 is 35.1 Å². The maximum Gasteiger partial charge on any atom is 0.200 e. The fraction of sp³-hybridized carbons (Fsp3) is 0. The van der Waals surface area contributed by atoms with Gasteiger partial charge in [0.2, 0.25) is 5.82 Å². The molecule has 0 aliphatic rings. The number of hydrogen-bond acceptors (Lipinski definition) is 0. The van der Waals surface area contributed by atoms with Crippen molar-refractivity contribution in [2.75, 3.05) is 0 Å². The molecule has 0 amide bonds. The summed E-state index contributed by atoms with van der Waals surface area (Å²) < 4.78 is 108. The molecule has 3 aromatic rings. The van der Waals surface area contributed by atoms with E-state index in [9.17, 15) is 35.1 Å². The van der Waals surface area contributed by atoms with Crippen LogP contribution >= 0.6 is 0 Å². The van der Waals surface area contributed by atoms with E-state index < -0.39 is 68.4 Å². The zero-order valence-electron chi connectivity index (χ0n) is 11.3. The first-order valence-corrected chi connectivity index (χ1v) is 6.32. The molecule has 124 valence electrons. The van der Waals surface area contributed by atoms with E-state index in [1.165, 1.54) is 0 Å². The van der Waals surface area contributed by atoms with Crippen LogP contribution in [-0.4, -0.2) is 0 Å². The molecule has 0 atom stereocenters. The first-order chi connectivity index (χ1) is 11.2. The lowest BCUT2D eigenvalue weighted by atomic mass is 9.99. The van der Waals surface area contributed by atoms with Gasteiger partial charge in [-0.25, -0.2) is 35.1 Å². The molecule has 0 saturated carbocycles. The summed E-state index contributed by atoms with van der Waals surface area (Å²) in [6.45, 7) is 0. The summed E-state index contributed by atoms with van der Waals surface area (Å²) in [7, 11) is 0. The molecule has 0 unspecified atom stereocenters. The second kappa shape index (κ2) is 5.47. The Hall–Kier alpha value is -2.64. The molecule has 24 heavy (non-hydrogen) atoms. The number of rotatable bonds is 1. The minimum absolute atomic E-state index is 0.392. The molecule has 3 aromatic carbocycles. The highest BCUT2D eigenvalue weighted by atomic mass is 19.2. The number of benzene rings is 3.